The first kappa shape index (κ1) is 27.3. The second kappa shape index (κ2) is 10.0. The van der Waals surface area contributed by atoms with Gasteiger partial charge in [-0.05, 0) is 47.7 Å². The predicted molar refractivity (Wildman–Crippen MR) is 138 cm³/mol. The van der Waals surface area contributed by atoms with E-state index in [0.29, 0.717) is 24.3 Å². The van der Waals surface area contributed by atoms with Crippen LogP contribution in [-0.2, 0) is 30.6 Å². The zero-order valence-electron chi connectivity index (χ0n) is 21.6. The van der Waals surface area contributed by atoms with Crippen LogP contribution < -0.4 is 10.6 Å². The molecule has 0 bridgehead atoms. The highest BCUT2D eigenvalue weighted by atomic mass is 32.2. The summed E-state index contributed by atoms with van der Waals surface area (Å²) < 4.78 is 26.6. The Bertz CT molecular complexity index is 1250. The Morgan fingerprint density at radius 3 is 2.06 bits per heavy atom. The molecular formula is C26H34N4O5S. The number of carbonyl (C=O) groups excluding carboxylic acids is 3. The van der Waals surface area contributed by atoms with Crippen LogP contribution in [0.5, 0.6) is 0 Å². The van der Waals surface area contributed by atoms with Gasteiger partial charge in [0.15, 0.2) is 0 Å². The van der Waals surface area contributed by atoms with Crippen LogP contribution in [-0.4, -0.2) is 55.1 Å². The molecule has 2 aromatic carbocycles. The molecule has 0 aromatic heterocycles. The summed E-state index contributed by atoms with van der Waals surface area (Å²) in [6.45, 7) is 11.6. The highest BCUT2D eigenvalue weighted by Gasteiger charge is 2.49. The SMILES string of the molecule is CCN(CC)S(=O)(=O)c1ccc(NC(=O)CN2C(=O)N[C@@](C)(c3ccc(C(C)(C)C)cc3)C2=O)cc1. The fraction of sp³-hybridized carbons (Fsp3) is 0.423. The number of amides is 4. The van der Waals surface area contributed by atoms with Gasteiger partial charge in [-0.15, -0.1) is 0 Å². The Balaban J connectivity index is 1.70. The monoisotopic (exact) mass is 514 g/mol. The summed E-state index contributed by atoms with van der Waals surface area (Å²) in [4.78, 5) is 39.4. The van der Waals surface area contributed by atoms with Crippen LogP contribution in [0.1, 0.15) is 52.7 Å². The van der Waals surface area contributed by atoms with Crippen molar-refractivity contribution in [3.05, 3.63) is 59.7 Å². The van der Waals surface area contributed by atoms with E-state index < -0.39 is 40.0 Å². The Morgan fingerprint density at radius 1 is 1.00 bits per heavy atom. The van der Waals surface area contributed by atoms with E-state index in [1.54, 1.807) is 20.8 Å². The summed E-state index contributed by atoms with van der Waals surface area (Å²) in [5, 5.41) is 5.32. The highest BCUT2D eigenvalue weighted by molar-refractivity contribution is 7.89. The average molecular weight is 515 g/mol. The van der Waals surface area contributed by atoms with Crippen molar-refractivity contribution in [1.82, 2.24) is 14.5 Å². The molecule has 1 atom stereocenters. The fourth-order valence-corrected chi connectivity index (χ4v) is 5.56. The van der Waals surface area contributed by atoms with Crippen molar-refractivity contribution in [2.24, 2.45) is 0 Å². The Hall–Kier alpha value is -3.24. The van der Waals surface area contributed by atoms with Crippen molar-refractivity contribution in [3.8, 4) is 0 Å². The van der Waals surface area contributed by atoms with E-state index in [4.69, 9.17) is 0 Å². The molecule has 36 heavy (non-hydrogen) atoms. The number of carbonyl (C=O) groups is 3. The Morgan fingerprint density at radius 2 is 1.56 bits per heavy atom. The van der Waals surface area contributed by atoms with Gasteiger partial charge in [0.2, 0.25) is 15.9 Å². The molecule has 0 saturated carbocycles. The van der Waals surface area contributed by atoms with Gasteiger partial charge in [-0.3, -0.25) is 14.5 Å². The van der Waals surface area contributed by atoms with Gasteiger partial charge in [0, 0.05) is 18.8 Å². The first-order valence-electron chi connectivity index (χ1n) is 11.9. The van der Waals surface area contributed by atoms with Gasteiger partial charge >= 0.3 is 6.03 Å². The summed E-state index contributed by atoms with van der Waals surface area (Å²) in [7, 11) is -3.62. The predicted octanol–water partition coefficient (Wildman–Crippen LogP) is 3.42. The van der Waals surface area contributed by atoms with Crippen LogP contribution >= 0.6 is 0 Å². The van der Waals surface area contributed by atoms with Gasteiger partial charge in [-0.25, -0.2) is 13.2 Å². The third kappa shape index (κ3) is 5.29. The maximum atomic E-state index is 13.2. The van der Waals surface area contributed by atoms with Crippen LogP contribution in [0.15, 0.2) is 53.4 Å². The number of sulfonamides is 1. The molecule has 4 amide bonds. The standard InChI is InChI=1S/C26H34N4O5S/c1-7-29(8-2)36(34,35)21-15-13-20(14-16-21)27-22(31)17-30-23(32)26(6,28-24(30)33)19-11-9-18(10-12-19)25(3,4)5/h9-16H,7-8,17H2,1-6H3,(H,27,31)(H,28,33)/t26-/m0/s1. The van der Waals surface area contributed by atoms with Gasteiger partial charge in [-0.1, -0.05) is 58.9 Å². The number of urea groups is 1. The second-order valence-corrected chi connectivity index (χ2v) is 11.9. The van der Waals surface area contributed by atoms with Crippen molar-refractivity contribution >= 4 is 33.6 Å². The summed E-state index contributed by atoms with van der Waals surface area (Å²) in [6, 6.07) is 12.6. The molecule has 10 heteroatoms. The maximum absolute atomic E-state index is 13.2. The average Bonchev–Trinajstić information content (AvgIpc) is 3.03. The number of hydrogen-bond donors (Lipinski definition) is 2. The molecule has 0 radical (unpaired) electrons. The van der Waals surface area contributed by atoms with Crippen molar-refractivity contribution in [1.29, 1.82) is 0 Å². The maximum Gasteiger partial charge on any atom is 0.325 e. The minimum Gasteiger partial charge on any atom is -0.325 e. The molecule has 2 aromatic rings. The third-order valence-corrected chi connectivity index (χ3v) is 8.45. The minimum atomic E-state index is -3.62. The van der Waals surface area contributed by atoms with Crippen molar-refractivity contribution in [3.63, 3.8) is 0 Å². The van der Waals surface area contributed by atoms with Crippen LogP contribution in [0.4, 0.5) is 10.5 Å². The fourth-order valence-electron chi connectivity index (χ4n) is 4.11. The highest BCUT2D eigenvalue weighted by Crippen LogP contribution is 2.31. The Kier molecular flexibility index (Phi) is 7.61. The quantitative estimate of drug-likeness (QED) is 0.524. The van der Waals surface area contributed by atoms with Crippen LogP contribution in [0.25, 0.3) is 0 Å². The molecular weight excluding hydrogens is 480 g/mol. The molecule has 194 valence electrons. The number of hydrogen-bond acceptors (Lipinski definition) is 5. The van der Waals surface area contributed by atoms with E-state index in [0.717, 1.165) is 10.5 Å². The third-order valence-electron chi connectivity index (χ3n) is 6.39. The van der Waals surface area contributed by atoms with Gasteiger partial charge in [0.1, 0.15) is 12.1 Å². The minimum absolute atomic E-state index is 0.0553. The zero-order chi connectivity index (χ0) is 26.9. The van der Waals surface area contributed by atoms with E-state index in [2.05, 4.69) is 31.4 Å². The number of nitrogens with one attached hydrogen (secondary N) is 2. The molecule has 2 N–H and O–H groups in total. The largest absolute Gasteiger partial charge is 0.325 e. The van der Waals surface area contributed by atoms with Crippen LogP contribution in [0, 0.1) is 0 Å². The first-order valence-corrected chi connectivity index (χ1v) is 13.3. The molecule has 3 rings (SSSR count). The molecule has 1 saturated heterocycles. The van der Waals surface area contributed by atoms with Gasteiger partial charge in [0.25, 0.3) is 5.91 Å². The lowest BCUT2D eigenvalue weighted by Crippen LogP contribution is -2.42. The molecule has 1 aliphatic rings. The summed E-state index contributed by atoms with van der Waals surface area (Å²) in [5.74, 6) is -1.10. The van der Waals surface area contributed by atoms with E-state index in [9.17, 15) is 22.8 Å². The number of imide groups is 1. The topological polar surface area (TPSA) is 116 Å². The van der Waals surface area contributed by atoms with Crippen molar-refractivity contribution < 1.29 is 22.8 Å². The van der Waals surface area contributed by atoms with E-state index >= 15 is 0 Å². The molecule has 1 fully saturated rings. The van der Waals surface area contributed by atoms with Gasteiger partial charge in [0.05, 0.1) is 4.90 Å². The smallest absolute Gasteiger partial charge is 0.325 e. The van der Waals surface area contributed by atoms with Crippen LogP contribution in [0.2, 0.25) is 0 Å². The van der Waals surface area contributed by atoms with E-state index in [1.165, 1.54) is 28.6 Å². The van der Waals surface area contributed by atoms with Crippen molar-refractivity contribution in [2.75, 3.05) is 25.0 Å². The molecule has 0 spiro atoms. The number of anilines is 1. The normalized spacial score (nSPS) is 18.5. The summed E-state index contributed by atoms with van der Waals surface area (Å²) in [6.07, 6.45) is 0. The van der Waals surface area contributed by atoms with Gasteiger partial charge < -0.3 is 10.6 Å². The number of nitrogens with zero attached hydrogens (tertiary/aromatic N) is 2. The molecule has 1 aliphatic heterocycles. The lowest BCUT2D eigenvalue weighted by molar-refractivity contribution is -0.133. The molecule has 0 unspecified atom stereocenters. The summed E-state index contributed by atoms with van der Waals surface area (Å²) in [5.41, 5.74) is 0.737. The second-order valence-electron chi connectivity index (χ2n) is 9.94. The summed E-state index contributed by atoms with van der Waals surface area (Å²) >= 11 is 0. The first-order chi connectivity index (χ1) is 16.7. The van der Waals surface area contributed by atoms with Gasteiger partial charge in [-0.2, -0.15) is 4.31 Å². The van der Waals surface area contributed by atoms with Crippen LogP contribution in [0.3, 0.4) is 0 Å². The molecule has 0 aliphatic carbocycles. The number of benzene rings is 2. The molecule has 9 nitrogen and oxygen atoms in total. The zero-order valence-corrected chi connectivity index (χ0v) is 22.4. The van der Waals surface area contributed by atoms with Crippen molar-refractivity contribution in [2.45, 2.75) is 57.4 Å². The Labute approximate surface area is 212 Å². The number of rotatable bonds is 8. The lowest BCUT2D eigenvalue weighted by Gasteiger charge is -2.24. The lowest BCUT2D eigenvalue weighted by atomic mass is 9.84. The van der Waals surface area contributed by atoms with E-state index in [1.807, 2.05) is 24.3 Å². The molecule has 1 heterocycles. The van der Waals surface area contributed by atoms with E-state index in [-0.39, 0.29) is 10.3 Å².